The molecule has 4 nitrogen and oxygen atoms in total. The predicted molar refractivity (Wildman–Crippen MR) is 84.2 cm³/mol. The first-order chi connectivity index (χ1) is 10.7. The van der Waals surface area contributed by atoms with Gasteiger partial charge in [-0.25, -0.2) is 4.79 Å². The third-order valence-electron chi connectivity index (χ3n) is 3.55. The van der Waals surface area contributed by atoms with Crippen molar-refractivity contribution < 1.29 is 14.6 Å². The van der Waals surface area contributed by atoms with E-state index in [0.717, 1.165) is 22.0 Å². The molecule has 3 rings (SSSR count). The molecule has 0 saturated heterocycles. The normalized spacial score (nSPS) is 12.1. The van der Waals surface area contributed by atoms with Gasteiger partial charge in [0.05, 0.1) is 12.6 Å². The van der Waals surface area contributed by atoms with E-state index in [1.54, 1.807) is 24.4 Å². The molecular formula is C18H15NO3. The van der Waals surface area contributed by atoms with Gasteiger partial charge in [0.1, 0.15) is 0 Å². The van der Waals surface area contributed by atoms with Crippen LogP contribution in [0, 0.1) is 0 Å². The summed E-state index contributed by atoms with van der Waals surface area (Å²) in [6.45, 7) is 0. The van der Waals surface area contributed by atoms with Crippen molar-refractivity contribution in [1.29, 1.82) is 0 Å². The van der Waals surface area contributed by atoms with E-state index in [9.17, 15) is 9.90 Å². The van der Waals surface area contributed by atoms with Crippen molar-refractivity contribution in [3.05, 3.63) is 66.4 Å². The molecular weight excluding hydrogens is 278 g/mol. The van der Waals surface area contributed by atoms with Crippen molar-refractivity contribution in [1.82, 2.24) is 4.98 Å². The number of aromatic nitrogens is 1. The minimum absolute atomic E-state index is 0.498. The van der Waals surface area contributed by atoms with Gasteiger partial charge in [-0.15, -0.1) is 0 Å². The Hall–Kier alpha value is -2.72. The van der Waals surface area contributed by atoms with Crippen LogP contribution in [0.3, 0.4) is 0 Å². The number of ether oxygens (including phenoxy) is 1. The fourth-order valence-corrected chi connectivity index (χ4v) is 2.36. The van der Waals surface area contributed by atoms with E-state index in [-0.39, 0.29) is 0 Å². The van der Waals surface area contributed by atoms with Gasteiger partial charge in [0, 0.05) is 17.1 Å². The number of hydrogen-bond donors (Lipinski definition) is 1. The van der Waals surface area contributed by atoms with Crippen LogP contribution in [0.4, 0.5) is 0 Å². The second kappa shape index (κ2) is 5.95. The van der Waals surface area contributed by atoms with Gasteiger partial charge in [0.2, 0.25) is 0 Å². The van der Waals surface area contributed by atoms with Crippen LogP contribution in [-0.2, 0) is 9.53 Å². The molecule has 0 amide bonds. The van der Waals surface area contributed by atoms with Crippen LogP contribution < -0.4 is 0 Å². The molecule has 1 aromatic heterocycles. The molecule has 0 bridgehead atoms. The average Bonchev–Trinajstić information content (AvgIpc) is 2.60. The molecule has 1 atom stereocenters. The monoisotopic (exact) mass is 293 g/mol. The van der Waals surface area contributed by atoms with Gasteiger partial charge in [0.15, 0.2) is 6.10 Å². The number of esters is 1. The fourth-order valence-electron chi connectivity index (χ4n) is 2.36. The summed E-state index contributed by atoms with van der Waals surface area (Å²) in [4.78, 5) is 15.9. The zero-order valence-electron chi connectivity index (χ0n) is 12.1. The number of methoxy groups -OCH3 is 1. The van der Waals surface area contributed by atoms with Gasteiger partial charge in [0.25, 0.3) is 0 Å². The maximum absolute atomic E-state index is 11.5. The average molecular weight is 293 g/mol. The first-order valence-corrected chi connectivity index (χ1v) is 6.90. The summed E-state index contributed by atoms with van der Waals surface area (Å²) in [7, 11) is 1.25. The van der Waals surface area contributed by atoms with Crippen LogP contribution in [0.1, 0.15) is 11.7 Å². The summed E-state index contributed by atoms with van der Waals surface area (Å²) in [6, 6.07) is 17.1. The number of aliphatic hydroxyl groups is 1. The van der Waals surface area contributed by atoms with Crippen molar-refractivity contribution in [2.24, 2.45) is 0 Å². The van der Waals surface area contributed by atoms with Crippen LogP contribution in [0.15, 0.2) is 60.8 Å². The van der Waals surface area contributed by atoms with Crippen LogP contribution in [0.2, 0.25) is 0 Å². The third kappa shape index (κ3) is 2.69. The molecule has 1 unspecified atom stereocenters. The first kappa shape index (κ1) is 14.2. The van der Waals surface area contributed by atoms with Gasteiger partial charge < -0.3 is 9.84 Å². The van der Waals surface area contributed by atoms with Crippen molar-refractivity contribution in [2.45, 2.75) is 6.10 Å². The Labute approximate surface area is 128 Å². The molecule has 1 heterocycles. The number of carbonyl (C=O) groups is 1. The number of para-hydroxylation sites is 1. The lowest BCUT2D eigenvalue weighted by Gasteiger charge is -2.10. The van der Waals surface area contributed by atoms with Crippen molar-refractivity contribution in [3.63, 3.8) is 0 Å². The minimum atomic E-state index is -1.28. The molecule has 2 aromatic carbocycles. The Morgan fingerprint density at radius 1 is 1.09 bits per heavy atom. The van der Waals surface area contributed by atoms with E-state index < -0.39 is 12.1 Å². The Bertz CT molecular complexity index is 829. The van der Waals surface area contributed by atoms with Gasteiger partial charge in [-0.05, 0) is 29.3 Å². The zero-order chi connectivity index (χ0) is 15.5. The van der Waals surface area contributed by atoms with Crippen molar-refractivity contribution >= 4 is 16.9 Å². The molecule has 0 saturated carbocycles. The lowest BCUT2D eigenvalue weighted by atomic mass is 10.0. The molecule has 22 heavy (non-hydrogen) atoms. The van der Waals surface area contributed by atoms with E-state index >= 15 is 0 Å². The van der Waals surface area contributed by atoms with Crippen LogP contribution in [0.5, 0.6) is 0 Å². The van der Waals surface area contributed by atoms with E-state index in [0.29, 0.717) is 5.56 Å². The lowest BCUT2D eigenvalue weighted by molar-refractivity contribution is -0.150. The Kier molecular flexibility index (Phi) is 3.85. The second-order valence-electron chi connectivity index (χ2n) is 4.97. The fraction of sp³-hybridized carbons (Fsp3) is 0.111. The number of hydrogen-bond acceptors (Lipinski definition) is 4. The number of rotatable bonds is 3. The molecule has 0 radical (unpaired) electrons. The smallest absolute Gasteiger partial charge is 0.339 e. The molecule has 3 aromatic rings. The standard InChI is InChI=1S/C18H15NO3/c1-22-18(21)17(20)14-7-4-6-12(9-14)15-10-13-5-2-3-8-16(13)19-11-15/h2-11,17,20H,1H3. The number of aliphatic hydroxyl groups excluding tert-OH is 1. The SMILES string of the molecule is COC(=O)C(O)c1cccc(-c2cnc3ccccc3c2)c1. The van der Waals surface area contributed by atoms with Gasteiger partial charge >= 0.3 is 5.97 Å². The molecule has 0 aliphatic rings. The van der Waals surface area contributed by atoms with E-state index in [1.807, 2.05) is 36.4 Å². The lowest BCUT2D eigenvalue weighted by Crippen LogP contribution is -2.13. The zero-order valence-corrected chi connectivity index (χ0v) is 12.1. The molecule has 0 spiro atoms. The molecule has 1 N–H and O–H groups in total. The van der Waals surface area contributed by atoms with Crippen molar-refractivity contribution in [2.75, 3.05) is 7.11 Å². The van der Waals surface area contributed by atoms with E-state index in [1.165, 1.54) is 7.11 Å². The summed E-state index contributed by atoms with van der Waals surface area (Å²) in [5.41, 5.74) is 3.24. The molecule has 110 valence electrons. The highest BCUT2D eigenvalue weighted by atomic mass is 16.5. The summed E-state index contributed by atoms with van der Waals surface area (Å²) in [5, 5.41) is 11.0. The molecule has 0 fully saturated rings. The number of nitrogens with zero attached hydrogens (tertiary/aromatic N) is 1. The minimum Gasteiger partial charge on any atom is -0.467 e. The topological polar surface area (TPSA) is 59.4 Å². The van der Waals surface area contributed by atoms with E-state index in [4.69, 9.17) is 0 Å². The maximum Gasteiger partial charge on any atom is 0.339 e. The highest BCUT2D eigenvalue weighted by Crippen LogP contribution is 2.25. The largest absolute Gasteiger partial charge is 0.467 e. The summed E-state index contributed by atoms with van der Waals surface area (Å²) >= 11 is 0. The van der Waals surface area contributed by atoms with Gasteiger partial charge in [-0.2, -0.15) is 0 Å². The van der Waals surface area contributed by atoms with Crippen LogP contribution in [-0.4, -0.2) is 23.2 Å². The Morgan fingerprint density at radius 2 is 1.91 bits per heavy atom. The van der Waals surface area contributed by atoms with Gasteiger partial charge in [-0.1, -0.05) is 36.4 Å². The van der Waals surface area contributed by atoms with Crippen LogP contribution >= 0.6 is 0 Å². The second-order valence-corrected chi connectivity index (χ2v) is 4.97. The summed E-state index contributed by atoms with van der Waals surface area (Å²) < 4.78 is 4.57. The number of pyridine rings is 1. The predicted octanol–water partition coefficient (Wildman–Crippen LogP) is 3.11. The number of fused-ring (bicyclic) bond motifs is 1. The third-order valence-corrected chi connectivity index (χ3v) is 3.55. The highest BCUT2D eigenvalue weighted by molar-refractivity contribution is 5.84. The Morgan fingerprint density at radius 3 is 2.73 bits per heavy atom. The Balaban J connectivity index is 2.01. The number of carbonyl (C=O) groups excluding carboxylic acids is 1. The van der Waals surface area contributed by atoms with Gasteiger partial charge in [-0.3, -0.25) is 4.98 Å². The maximum atomic E-state index is 11.5. The quantitative estimate of drug-likeness (QED) is 0.754. The molecule has 0 aliphatic carbocycles. The first-order valence-electron chi connectivity index (χ1n) is 6.90. The van der Waals surface area contributed by atoms with E-state index in [2.05, 4.69) is 9.72 Å². The molecule has 4 heteroatoms. The highest BCUT2D eigenvalue weighted by Gasteiger charge is 2.18. The number of benzene rings is 2. The molecule has 0 aliphatic heterocycles. The summed E-state index contributed by atoms with van der Waals surface area (Å²) in [5.74, 6) is -0.672. The summed E-state index contributed by atoms with van der Waals surface area (Å²) in [6.07, 6.45) is 0.504. The van der Waals surface area contributed by atoms with Crippen LogP contribution in [0.25, 0.3) is 22.0 Å². The van der Waals surface area contributed by atoms with Crippen molar-refractivity contribution in [3.8, 4) is 11.1 Å².